The van der Waals surface area contributed by atoms with E-state index < -0.39 is 23.5 Å². The molecule has 1 amide bonds. The number of aliphatic hydroxyl groups excluding tert-OH is 2. The number of nitrogens with one attached hydrogen (secondary N) is 1. The predicted octanol–water partition coefficient (Wildman–Crippen LogP) is 0.802. The van der Waals surface area contributed by atoms with E-state index in [4.69, 9.17) is 9.26 Å². The molecule has 0 aliphatic heterocycles. The number of carbonyl (C=O) groups excluding carboxylic acids is 1. The second-order valence-electron chi connectivity index (χ2n) is 6.08. The third-order valence-corrected chi connectivity index (χ3v) is 4.19. The second-order valence-corrected chi connectivity index (χ2v) is 6.08. The van der Waals surface area contributed by atoms with E-state index in [1.807, 2.05) is 0 Å². The van der Waals surface area contributed by atoms with E-state index in [1.165, 1.54) is 12.3 Å². The van der Waals surface area contributed by atoms with Crippen LogP contribution in [-0.4, -0.2) is 51.6 Å². The van der Waals surface area contributed by atoms with Gasteiger partial charge in [-0.2, -0.15) is 0 Å². The molecule has 1 unspecified atom stereocenters. The SMILES string of the molecule is Cl.O=C(NCC1(COc2cccnc2)C[C@@H](O)[C@@H](O)C1)c1ccno1. The minimum Gasteiger partial charge on any atom is -0.491 e. The van der Waals surface area contributed by atoms with Crippen LogP contribution in [0.25, 0.3) is 0 Å². The zero-order valence-corrected chi connectivity index (χ0v) is 14.2. The van der Waals surface area contributed by atoms with Crippen molar-refractivity contribution in [3.8, 4) is 5.75 Å². The van der Waals surface area contributed by atoms with Crippen LogP contribution in [0.1, 0.15) is 23.4 Å². The number of hydrogen-bond acceptors (Lipinski definition) is 7. The average molecular weight is 370 g/mol. The number of nitrogens with zero attached hydrogens (tertiary/aromatic N) is 2. The van der Waals surface area contributed by atoms with Crippen LogP contribution in [0.3, 0.4) is 0 Å². The average Bonchev–Trinajstić information content (AvgIpc) is 3.22. The van der Waals surface area contributed by atoms with E-state index >= 15 is 0 Å². The first-order chi connectivity index (χ1) is 11.6. The Hall–Kier alpha value is -2.16. The molecule has 8 nitrogen and oxygen atoms in total. The standard InChI is InChI=1S/C16H19N3O5.ClH/c20-12-6-16(7-13(12)21,10-23-11-2-1-4-17-8-11)9-18-15(22)14-3-5-19-24-14;/h1-5,8,12-13,20-21H,6-7,9-10H2,(H,18,22);1H/t12-,13+,16?;. The van der Waals surface area contributed by atoms with Gasteiger partial charge in [0.05, 0.1) is 31.2 Å². The summed E-state index contributed by atoms with van der Waals surface area (Å²) in [5.74, 6) is 0.302. The van der Waals surface area contributed by atoms with Crippen molar-refractivity contribution in [3.05, 3.63) is 42.5 Å². The third-order valence-electron chi connectivity index (χ3n) is 4.19. The molecule has 1 fully saturated rings. The third kappa shape index (κ3) is 4.68. The summed E-state index contributed by atoms with van der Waals surface area (Å²) in [6, 6.07) is 4.99. The lowest BCUT2D eigenvalue weighted by Crippen LogP contribution is -2.40. The fraction of sp³-hybridized carbons (Fsp3) is 0.438. The molecule has 2 aromatic heterocycles. The van der Waals surface area contributed by atoms with Gasteiger partial charge in [-0.15, -0.1) is 12.4 Å². The Morgan fingerprint density at radius 2 is 2.08 bits per heavy atom. The van der Waals surface area contributed by atoms with E-state index in [2.05, 4.69) is 15.5 Å². The van der Waals surface area contributed by atoms with Crippen LogP contribution in [0.4, 0.5) is 0 Å². The molecule has 0 bridgehead atoms. The topological polar surface area (TPSA) is 118 Å². The zero-order chi connectivity index (χ0) is 17.0. The molecule has 1 aliphatic rings. The first kappa shape index (κ1) is 19.2. The van der Waals surface area contributed by atoms with Crippen LogP contribution in [-0.2, 0) is 0 Å². The molecule has 2 heterocycles. The van der Waals surface area contributed by atoms with Gasteiger partial charge in [0.15, 0.2) is 0 Å². The molecular weight excluding hydrogens is 350 g/mol. The van der Waals surface area contributed by atoms with Crippen molar-refractivity contribution in [3.63, 3.8) is 0 Å². The Bertz CT molecular complexity index is 658. The van der Waals surface area contributed by atoms with Crippen LogP contribution in [0, 0.1) is 5.41 Å². The maximum Gasteiger partial charge on any atom is 0.289 e. The minimum atomic E-state index is -0.843. The van der Waals surface area contributed by atoms with Crippen LogP contribution in [0.15, 0.2) is 41.3 Å². The molecule has 3 rings (SSSR count). The first-order valence-electron chi connectivity index (χ1n) is 7.66. The summed E-state index contributed by atoms with van der Waals surface area (Å²) in [5, 5.41) is 26.1. The molecule has 9 heteroatoms. The van der Waals surface area contributed by atoms with Gasteiger partial charge in [-0.1, -0.05) is 5.16 Å². The number of aromatic nitrogens is 2. The fourth-order valence-electron chi connectivity index (χ4n) is 2.91. The van der Waals surface area contributed by atoms with Crippen molar-refractivity contribution in [1.29, 1.82) is 0 Å². The molecule has 0 aromatic carbocycles. The summed E-state index contributed by atoms with van der Waals surface area (Å²) in [7, 11) is 0. The summed E-state index contributed by atoms with van der Waals surface area (Å²) in [5.41, 5.74) is -0.579. The number of rotatable bonds is 6. The number of halogens is 1. The van der Waals surface area contributed by atoms with Crippen molar-refractivity contribution in [1.82, 2.24) is 15.5 Å². The number of amides is 1. The van der Waals surface area contributed by atoms with Gasteiger partial charge in [-0.3, -0.25) is 9.78 Å². The van der Waals surface area contributed by atoms with Gasteiger partial charge >= 0.3 is 0 Å². The van der Waals surface area contributed by atoms with Gasteiger partial charge in [0.2, 0.25) is 5.76 Å². The Morgan fingerprint density at radius 1 is 1.32 bits per heavy atom. The Morgan fingerprint density at radius 3 is 2.68 bits per heavy atom. The highest BCUT2D eigenvalue weighted by atomic mass is 35.5. The van der Waals surface area contributed by atoms with E-state index in [1.54, 1.807) is 24.5 Å². The van der Waals surface area contributed by atoms with Crippen LogP contribution in [0.2, 0.25) is 0 Å². The maximum atomic E-state index is 12.0. The molecular formula is C16H20ClN3O5. The molecule has 1 saturated carbocycles. The highest BCUT2D eigenvalue weighted by Crippen LogP contribution is 2.38. The van der Waals surface area contributed by atoms with Gasteiger partial charge < -0.3 is 24.8 Å². The van der Waals surface area contributed by atoms with E-state index in [0.717, 1.165) is 0 Å². The van der Waals surface area contributed by atoms with Gasteiger partial charge in [0.1, 0.15) is 5.75 Å². The molecule has 0 spiro atoms. The number of hydrogen-bond donors (Lipinski definition) is 3. The molecule has 25 heavy (non-hydrogen) atoms. The van der Waals surface area contributed by atoms with Crippen molar-refractivity contribution in [2.24, 2.45) is 5.41 Å². The number of aliphatic hydroxyl groups is 2. The summed E-state index contributed by atoms with van der Waals surface area (Å²) in [6.45, 7) is 0.477. The molecule has 3 atom stereocenters. The fourth-order valence-corrected chi connectivity index (χ4v) is 2.91. The minimum absolute atomic E-state index is 0. The maximum absolute atomic E-state index is 12.0. The van der Waals surface area contributed by atoms with Crippen LogP contribution < -0.4 is 10.1 Å². The Balaban J connectivity index is 0.00000225. The molecule has 1 aliphatic carbocycles. The molecule has 3 N–H and O–H groups in total. The lowest BCUT2D eigenvalue weighted by molar-refractivity contribution is 0.0438. The highest BCUT2D eigenvalue weighted by molar-refractivity contribution is 5.91. The highest BCUT2D eigenvalue weighted by Gasteiger charge is 2.45. The molecule has 0 radical (unpaired) electrons. The van der Waals surface area contributed by atoms with Gasteiger partial charge in [0.25, 0.3) is 5.91 Å². The summed E-state index contributed by atoms with van der Waals surface area (Å²) in [6.07, 6.45) is 3.58. The van der Waals surface area contributed by atoms with Crippen molar-refractivity contribution in [2.45, 2.75) is 25.0 Å². The normalized spacial score (nSPS) is 25.2. The van der Waals surface area contributed by atoms with Gasteiger partial charge in [-0.25, -0.2) is 0 Å². The van der Waals surface area contributed by atoms with Crippen LogP contribution >= 0.6 is 12.4 Å². The smallest absolute Gasteiger partial charge is 0.289 e. The summed E-state index contributed by atoms with van der Waals surface area (Å²) >= 11 is 0. The van der Waals surface area contributed by atoms with Crippen molar-refractivity contribution in [2.75, 3.05) is 13.2 Å². The monoisotopic (exact) mass is 369 g/mol. The summed E-state index contributed by atoms with van der Waals surface area (Å²) < 4.78 is 10.6. The predicted molar refractivity (Wildman–Crippen MR) is 89.5 cm³/mol. The first-order valence-corrected chi connectivity index (χ1v) is 7.66. The Kier molecular flexibility index (Phi) is 6.35. The lowest BCUT2D eigenvalue weighted by atomic mass is 9.86. The number of pyridine rings is 1. The number of ether oxygens (including phenoxy) is 1. The largest absolute Gasteiger partial charge is 0.491 e. The quantitative estimate of drug-likeness (QED) is 0.689. The molecule has 0 saturated heterocycles. The van der Waals surface area contributed by atoms with Crippen LogP contribution in [0.5, 0.6) is 5.75 Å². The molecule has 136 valence electrons. The molecule has 2 aromatic rings. The van der Waals surface area contributed by atoms with Gasteiger partial charge in [-0.05, 0) is 25.0 Å². The Labute approximate surface area is 150 Å². The van der Waals surface area contributed by atoms with E-state index in [9.17, 15) is 15.0 Å². The number of carbonyl (C=O) groups is 1. The second kappa shape index (κ2) is 8.28. The van der Waals surface area contributed by atoms with E-state index in [-0.39, 0.29) is 31.3 Å². The zero-order valence-electron chi connectivity index (χ0n) is 13.4. The van der Waals surface area contributed by atoms with Gasteiger partial charge in [0, 0.05) is 24.2 Å². The lowest BCUT2D eigenvalue weighted by Gasteiger charge is -2.29. The van der Waals surface area contributed by atoms with E-state index in [0.29, 0.717) is 18.6 Å². The van der Waals surface area contributed by atoms with Crippen molar-refractivity contribution >= 4 is 18.3 Å². The van der Waals surface area contributed by atoms with Crippen molar-refractivity contribution < 1.29 is 24.3 Å². The summed E-state index contributed by atoms with van der Waals surface area (Å²) in [4.78, 5) is 16.0.